The van der Waals surface area contributed by atoms with Gasteiger partial charge < -0.3 is 9.80 Å². The van der Waals surface area contributed by atoms with Crippen molar-refractivity contribution in [2.45, 2.75) is 32.1 Å². The van der Waals surface area contributed by atoms with Crippen molar-refractivity contribution in [2.24, 2.45) is 0 Å². The molecule has 0 bridgehead atoms. The number of hydrogen-bond acceptors (Lipinski definition) is 2. The number of aryl methyl sites for hydroxylation is 1. The maximum Gasteiger partial charge on any atom is 0.242 e. The van der Waals surface area contributed by atoms with Crippen LogP contribution >= 0.6 is 11.6 Å². The van der Waals surface area contributed by atoms with Gasteiger partial charge in [-0.25, -0.2) is 0 Å². The molecule has 0 unspecified atom stereocenters. The Balaban J connectivity index is 1.71. The highest BCUT2D eigenvalue weighted by Crippen LogP contribution is 2.29. The molecular weight excluding hydrogens is 272 g/mol. The van der Waals surface area contributed by atoms with Gasteiger partial charge in [-0.1, -0.05) is 11.6 Å². The highest BCUT2D eigenvalue weighted by Gasteiger charge is 2.23. The molecule has 0 saturated carbocycles. The van der Waals surface area contributed by atoms with Crippen LogP contribution in [-0.2, 0) is 11.2 Å². The van der Waals surface area contributed by atoms with Crippen molar-refractivity contribution >= 4 is 23.2 Å². The van der Waals surface area contributed by atoms with Crippen LogP contribution in [-0.4, -0.2) is 37.0 Å². The molecule has 0 N–H and O–H groups in total. The first-order valence-electron chi connectivity index (χ1n) is 7.55. The van der Waals surface area contributed by atoms with Gasteiger partial charge in [0.25, 0.3) is 0 Å². The Kier molecular flexibility index (Phi) is 4.16. The van der Waals surface area contributed by atoms with Crippen molar-refractivity contribution in [3.63, 3.8) is 0 Å². The van der Waals surface area contributed by atoms with Crippen molar-refractivity contribution in [1.29, 1.82) is 0 Å². The number of piperidine rings is 1. The van der Waals surface area contributed by atoms with Crippen LogP contribution in [0.5, 0.6) is 0 Å². The summed E-state index contributed by atoms with van der Waals surface area (Å²) in [6.45, 7) is 3.34. The van der Waals surface area contributed by atoms with Crippen LogP contribution in [0.1, 0.15) is 31.2 Å². The highest BCUT2D eigenvalue weighted by atomic mass is 35.5. The van der Waals surface area contributed by atoms with Gasteiger partial charge >= 0.3 is 0 Å². The van der Waals surface area contributed by atoms with E-state index < -0.39 is 0 Å². The van der Waals surface area contributed by atoms with Crippen LogP contribution in [0.15, 0.2) is 18.2 Å². The minimum absolute atomic E-state index is 0.271. The maximum absolute atomic E-state index is 12.4. The molecule has 1 fully saturated rings. The standard InChI is InChI=1S/C16H21ClN2O/c17-14-6-7-15-13(11-14)5-4-10-19(15)12-16(20)18-8-2-1-3-9-18/h6-7,11H,1-5,8-10,12H2. The third-order valence-corrected chi connectivity index (χ3v) is 4.53. The summed E-state index contributed by atoms with van der Waals surface area (Å²) in [6, 6.07) is 6.01. The second-order valence-corrected chi connectivity index (χ2v) is 6.18. The summed E-state index contributed by atoms with van der Waals surface area (Å²) in [4.78, 5) is 16.6. The third kappa shape index (κ3) is 2.93. The SMILES string of the molecule is O=C(CN1CCCc2cc(Cl)ccc21)N1CCCCC1. The summed E-state index contributed by atoms with van der Waals surface area (Å²) in [5.41, 5.74) is 2.46. The summed E-state index contributed by atoms with van der Waals surface area (Å²) in [7, 11) is 0. The van der Waals surface area contributed by atoms with Crippen molar-refractivity contribution in [3.05, 3.63) is 28.8 Å². The normalized spacial score (nSPS) is 18.9. The van der Waals surface area contributed by atoms with E-state index >= 15 is 0 Å². The third-order valence-electron chi connectivity index (χ3n) is 4.29. The van der Waals surface area contributed by atoms with Gasteiger partial charge in [-0.2, -0.15) is 0 Å². The van der Waals surface area contributed by atoms with Crippen LogP contribution in [0.3, 0.4) is 0 Å². The predicted octanol–water partition coefficient (Wildman–Crippen LogP) is 3.11. The van der Waals surface area contributed by atoms with E-state index in [-0.39, 0.29) is 5.91 Å². The molecule has 1 saturated heterocycles. The average Bonchev–Trinajstić information content (AvgIpc) is 2.48. The molecule has 1 amide bonds. The van der Waals surface area contributed by atoms with E-state index in [4.69, 9.17) is 11.6 Å². The number of halogens is 1. The van der Waals surface area contributed by atoms with Gasteiger partial charge in [-0.05, 0) is 55.9 Å². The predicted molar refractivity (Wildman–Crippen MR) is 82.4 cm³/mol. The topological polar surface area (TPSA) is 23.6 Å². The lowest BCUT2D eigenvalue weighted by Gasteiger charge is -2.34. The first-order chi connectivity index (χ1) is 9.74. The van der Waals surface area contributed by atoms with E-state index in [1.807, 2.05) is 17.0 Å². The maximum atomic E-state index is 12.4. The molecule has 0 atom stereocenters. The van der Waals surface area contributed by atoms with Crippen LogP contribution in [0.2, 0.25) is 5.02 Å². The average molecular weight is 293 g/mol. The smallest absolute Gasteiger partial charge is 0.242 e. The second kappa shape index (κ2) is 6.04. The molecule has 20 heavy (non-hydrogen) atoms. The van der Waals surface area contributed by atoms with Crippen molar-refractivity contribution < 1.29 is 4.79 Å². The van der Waals surface area contributed by atoms with Crippen LogP contribution in [0.25, 0.3) is 0 Å². The molecule has 1 aromatic carbocycles. The number of amides is 1. The van der Waals surface area contributed by atoms with E-state index in [1.165, 1.54) is 17.7 Å². The summed E-state index contributed by atoms with van der Waals surface area (Å²) in [5, 5.41) is 0.785. The van der Waals surface area contributed by atoms with E-state index in [1.54, 1.807) is 0 Å². The molecule has 2 aliphatic rings. The molecular formula is C16H21ClN2O. The number of fused-ring (bicyclic) bond motifs is 1. The number of anilines is 1. The molecule has 0 aliphatic carbocycles. The van der Waals surface area contributed by atoms with Gasteiger partial charge in [0.05, 0.1) is 6.54 Å². The Labute approximate surface area is 125 Å². The highest BCUT2D eigenvalue weighted by molar-refractivity contribution is 6.30. The Morgan fingerprint density at radius 3 is 2.70 bits per heavy atom. The Morgan fingerprint density at radius 2 is 1.90 bits per heavy atom. The molecule has 0 radical (unpaired) electrons. The molecule has 0 aromatic heterocycles. The molecule has 0 spiro atoms. The van der Waals surface area contributed by atoms with Gasteiger partial charge in [0.1, 0.15) is 0 Å². The molecule has 4 heteroatoms. The number of nitrogens with zero attached hydrogens (tertiary/aromatic N) is 2. The summed E-state index contributed by atoms with van der Waals surface area (Å²) >= 11 is 6.06. The fourth-order valence-electron chi connectivity index (χ4n) is 3.21. The van der Waals surface area contributed by atoms with E-state index in [0.29, 0.717) is 6.54 Å². The monoisotopic (exact) mass is 292 g/mol. The zero-order valence-electron chi connectivity index (χ0n) is 11.8. The lowest BCUT2D eigenvalue weighted by molar-refractivity contribution is -0.130. The van der Waals surface area contributed by atoms with Crippen molar-refractivity contribution in [2.75, 3.05) is 31.1 Å². The van der Waals surface area contributed by atoms with Gasteiger partial charge in [0.15, 0.2) is 0 Å². The number of rotatable bonds is 2. The molecule has 2 heterocycles. The van der Waals surface area contributed by atoms with E-state index in [2.05, 4.69) is 11.0 Å². The minimum Gasteiger partial charge on any atom is -0.362 e. The number of hydrogen-bond donors (Lipinski definition) is 0. The van der Waals surface area contributed by atoms with E-state index in [0.717, 1.165) is 50.3 Å². The minimum atomic E-state index is 0.271. The first-order valence-corrected chi connectivity index (χ1v) is 7.93. The van der Waals surface area contributed by atoms with Gasteiger partial charge in [0, 0.05) is 30.3 Å². The Hall–Kier alpha value is -1.22. The van der Waals surface area contributed by atoms with E-state index in [9.17, 15) is 4.79 Å². The quantitative estimate of drug-likeness (QED) is 0.836. The zero-order chi connectivity index (χ0) is 13.9. The number of likely N-dealkylation sites (tertiary alicyclic amines) is 1. The molecule has 3 rings (SSSR count). The molecule has 1 aromatic rings. The van der Waals surface area contributed by atoms with Crippen LogP contribution in [0.4, 0.5) is 5.69 Å². The molecule has 108 valence electrons. The lowest BCUT2D eigenvalue weighted by atomic mass is 10.0. The van der Waals surface area contributed by atoms with Crippen LogP contribution < -0.4 is 4.90 Å². The number of benzene rings is 1. The summed E-state index contributed by atoms with van der Waals surface area (Å²) in [5.74, 6) is 0.271. The van der Waals surface area contributed by atoms with Crippen molar-refractivity contribution in [3.8, 4) is 0 Å². The summed E-state index contributed by atoms with van der Waals surface area (Å²) < 4.78 is 0. The summed E-state index contributed by atoms with van der Waals surface area (Å²) in [6.07, 6.45) is 5.72. The van der Waals surface area contributed by atoms with Crippen LogP contribution in [0, 0.1) is 0 Å². The second-order valence-electron chi connectivity index (χ2n) is 5.74. The number of carbonyl (C=O) groups excluding carboxylic acids is 1. The van der Waals surface area contributed by atoms with Gasteiger partial charge in [-0.3, -0.25) is 4.79 Å². The first kappa shape index (κ1) is 13.7. The lowest BCUT2D eigenvalue weighted by Crippen LogP contribution is -2.44. The van der Waals surface area contributed by atoms with Gasteiger partial charge in [0.2, 0.25) is 5.91 Å². The van der Waals surface area contributed by atoms with Crippen molar-refractivity contribution in [1.82, 2.24) is 4.90 Å². The molecule has 2 aliphatic heterocycles. The zero-order valence-corrected chi connectivity index (χ0v) is 12.5. The fraction of sp³-hybridized carbons (Fsp3) is 0.562. The fourth-order valence-corrected chi connectivity index (χ4v) is 3.41. The molecule has 3 nitrogen and oxygen atoms in total. The largest absolute Gasteiger partial charge is 0.362 e. The van der Waals surface area contributed by atoms with Gasteiger partial charge in [-0.15, -0.1) is 0 Å². The number of carbonyl (C=O) groups is 1. The Morgan fingerprint density at radius 1 is 1.10 bits per heavy atom. The Bertz CT molecular complexity index is 497.